The Labute approximate surface area is 333 Å². The number of para-hydroxylation sites is 1. The van der Waals surface area contributed by atoms with E-state index in [1.807, 2.05) is 45.8 Å². The number of rotatable bonds is 8. The number of anilines is 2. The van der Waals surface area contributed by atoms with Crippen molar-refractivity contribution in [1.29, 1.82) is 0 Å². The number of aryl methyl sites for hydroxylation is 2. The normalized spacial score (nSPS) is 23.3. The van der Waals surface area contributed by atoms with E-state index in [4.69, 9.17) is 9.84 Å². The number of pyridine rings is 1. The molecule has 1 atom stereocenters. The van der Waals surface area contributed by atoms with Gasteiger partial charge in [0.1, 0.15) is 11.8 Å². The van der Waals surface area contributed by atoms with Crippen molar-refractivity contribution in [3.8, 4) is 5.75 Å². The predicted octanol–water partition coefficient (Wildman–Crippen LogP) is 5.21. The van der Waals surface area contributed by atoms with E-state index in [0.29, 0.717) is 59.1 Å². The van der Waals surface area contributed by atoms with E-state index in [1.165, 1.54) is 15.3 Å². The number of fused-ring (bicyclic) bond motifs is 2. The molecule has 1 spiro atoms. The lowest BCUT2D eigenvalue weighted by Gasteiger charge is -2.58. The number of amides is 3. The molecule has 1 unspecified atom stereocenters. The zero-order valence-electron chi connectivity index (χ0n) is 32.8. The third-order valence-electron chi connectivity index (χ3n) is 13.0. The Morgan fingerprint density at radius 2 is 1.83 bits per heavy atom. The van der Waals surface area contributed by atoms with Gasteiger partial charge in [-0.3, -0.25) is 43.4 Å². The molecule has 3 saturated heterocycles. The number of carbonyl (C=O) groups excluding carboxylic acids is 3. The van der Waals surface area contributed by atoms with Crippen LogP contribution >= 0.6 is 0 Å². The lowest BCUT2D eigenvalue weighted by molar-refractivity contribution is -0.181. The number of piperidine rings is 2. The largest absolute Gasteiger partial charge is 0.494 e. The molecule has 5 aromatic rings. The molecular weight excluding hydrogens is 749 g/mol. The van der Waals surface area contributed by atoms with Crippen molar-refractivity contribution < 1.29 is 27.9 Å². The van der Waals surface area contributed by atoms with E-state index in [0.717, 1.165) is 42.1 Å². The zero-order chi connectivity index (χ0) is 40.5. The Morgan fingerprint density at radius 3 is 2.55 bits per heavy atom. The minimum atomic E-state index is -2.89. The quantitative estimate of drug-likeness (QED) is 0.202. The maximum Gasteiger partial charge on any atom is 0.329 e. The van der Waals surface area contributed by atoms with Gasteiger partial charge in [-0.25, -0.2) is 13.6 Å². The minimum absolute atomic E-state index is 0.138. The van der Waals surface area contributed by atoms with Crippen LogP contribution in [0.2, 0.25) is 0 Å². The molecule has 1 saturated carbocycles. The van der Waals surface area contributed by atoms with Gasteiger partial charge in [-0.2, -0.15) is 5.10 Å². The van der Waals surface area contributed by atoms with Gasteiger partial charge in [-0.1, -0.05) is 6.07 Å². The second-order valence-corrected chi connectivity index (χ2v) is 16.7. The van der Waals surface area contributed by atoms with Crippen LogP contribution in [0.15, 0.2) is 59.8 Å². The smallest absolute Gasteiger partial charge is 0.329 e. The fourth-order valence-corrected chi connectivity index (χ4v) is 9.74. The SMILES string of the molecule is COc1cc2nn(C3CCC(CN4CCC5(CN(c6cccc7c6n(C)c(=O)n7C6CCC(=O)NC6=O)C5)C(F)(F)C4)CC3)cc2cc1NC(=O)c1cncc(C)c1. The molecule has 0 bridgehead atoms. The maximum absolute atomic E-state index is 16.2. The molecule has 3 amide bonds. The topological polar surface area (TPSA) is 149 Å². The summed E-state index contributed by atoms with van der Waals surface area (Å²) in [6.45, 7) is 3.20. The van der Waals surface area contributed by atoms with Gasteiger partial charge in [-0.15, -0.1) is 0 Å². The number of nitrogens with zero attached hydrogens (tertiary/aromatic N) is 7. The number of methoxy groups -OCH3 is 1. The van der Waals surface area contributed by atoms with Crippen LogP contribution in [0.4, 0.5) is 20.2 Å². The number of halogens is 2. The number of aromatic nitrogens is 5. The highest BCUT2D eigenvalue weighted by Gasteiger charge is 2.62. The first-order valence-electron chi connectivity index (χ1n) is 20.0. The Bertz CT molecular complexity index is 2510. The van der Waals surface area contributed by atoms with Crippen molar-refractivity contribution in [2.75, 3.05) is 50.1 Å². The van der Waals surface area contributed by atoms with Gasteiger partial charge in [0.15, 0.2) is 0 Å². The number of nitrogens with one attached hydrogen (secondary N) is 2. The summed E-state index contributed by atoms with van der Waals surface area (Å²) < 4.78 is 42.8. The molecule has 3 aliphatic heterocycles. The number of benzene rings is 2. The van der Waals surface area contributed by atoms with Gasteiger partial charge < -0.3 is 15.0 Å². The van der Waals surface area contributed by atoms with Crippen LogP contribution in [0.3, 0.4) is 0 Å². The first-order valence-corrected chi connectivity index (χ1v) is 20.0. The molecule has 58 heavy (non-hydrogen) atoms. The Morgan fingerprint density at radius 1 is 1.03 bits per heavy atom. The summed E-state index contributed by atoms with van der Waals surface area (Å²) in [4.78, 5) is 58.9. The molecule has 304 valence electrons. The molecular formula is C42H47F2N9O5. The summed E-state index contributed by atoms with van der Waals surface area (Å²) in [6.07, 6.45) is 9.58. The second-order valence-electron chi connectivity index (χ2n) is 16.7. The van der Waals surface area contributed by atoms with Crippen molar-refractivity contribution in [3.05, 3.63) is 76.6 Å². The average Bonchev–Trinajstić information content (AvgIpc) is 3.71. The summed E-state index contributed by atoms with van der Waals surface area (Å²) in [6, 6.07) is 10.2. The molecule has 14 nitrogen and oxygen atoms in total. The first kappa shape index (κ1) is 37.9. The maximum atomic E-state index is 16.2. The Kier molecular flexibility index (Phi) is 9.36. The summed E-state index contributed by atoms with van der Waals surface area (Å²) in [5, 5.41) is 11.0. The first-order chi connectivity index (χ1) is 27.8. The summed E-state index contributed by atoms with van der Waals surface area (Å²) in [5.74, 6) is -3.21. The molecule has 6 heterocycles. The van der Waals surface area contributed by atoms with Crippen LogP contribution in [0.25, 0.3) is 21.9 Å². The fraction of sp³-hybridized carbons (Fsp3) is 0.476. The number of carbonyl (C=O) groups is 3. The highest BCUT2D eigenvalue weighted by atomic mass is 19.3. The predicted molar refractivity (Wildman–Crippen MR) is 213 cm³/mol. The number of hydrogen-bond donors (Lipinski definition) is 2. The van der Waals surface area contributed by atoms with Gasteiger partial charge >= 0.3 is 5.69 Å². The highest BCUT2D eigenvalue weighted by Crippen LogP contribution is 2.52. The Balaban J connectivity index is 0.815. The number of ether oxygens (including phenoxy) is 1. The van der Waals surface area contributed by atoms with Crippen molar-refractivity contribution >= 4 is 51.0 Å². The van der Waals surface area contributed by atoms with Crippen LogP contribution in [-0.4, -0.2) is 92.3 Å². The number of imidazole rings is 1. The summed E-state index contributed by atoms with van der Waals surface area (Å²) >= 11 is 0. The van der Waals surface area contributed by atoms with Crippen molar-refractivity contribution in [3.63, 3.8) is 0 Å². The number of likely N-dealkylation sites (tertiary alicyclic amines) is 1. The molecule has 16 heteroatoms. The molecule has 4 aliphatic rings. The van der Waals surface area contributed by atoms with E-state index in [-0.39, 0.29) is 56.0 Å². The van der Waals surface area contributed by atoms with Crippen molar-refractivity contribution in [2.24, 2.45) is 18.4 Å². The standard InChI is InChI=1S/C42H47F2N9O5/c1-25-15-27(19-45-18-25)38(55)46-31-16-28-21-52(48-30(28)17-35(31)58-3)29-9-7-26(8-10-29)20-50-14-13-41(42(43,44)24-50)22-51(23-41)32-5-4-6-33-37(32)49(2)40(57)53(33)34-11-12-36(54)47-39(34)56/h4-6,15-19,21,26,29,34H,7-14,20,22-24H2,1-3H3,(H,46,55)(H,47,54,56). The molecule has 3 aromatic heterocycles. The number of hydrogen-bond acceptors (Lipinski definition) is 9. The Hall–Kier alpha value is -5.64. The van der Waals surface area contributed by atoms with Gasteiger partial charge in [-0.05, 0) is 87.7 Å². The molecule has 9 rings (SSSR count). The van der Waals surface area contributed by atoms with E-state index in [2.05, 4.69) is 15.6 Å². The van der Waals surface area contributed by atoms with E-state index < -0.39 is 23.3 Å². The third-order valence-corrected chi connectivity index (χ3v) is 13.0. The van der Waals surface area contributed by atoms with E-state index in [9.17, 15) is 19.2 Å². The van der Waals surface area contributed by atoms with Crippen molar-refractivity contribution in [2.45, 2.75) is 69.9 Å². The molecule has 2 aromatic carbocycles. The monoisotopic (exact) mass is 795 g/mol. The second kappa shape index (κ2) is 14.3. The lowest BCUT2D eigenvalue weighted by Crippen LogP contribution is -2.70. The third kappa shape index (κ3) is 6.50. The van der Waals surface area contributed by atoms with E-state index >= 15 is 8.78 Å². The lowest BCUT2D eigenvalue weighted by atomic mass is 9.68. The zero-order valence-corrected chi connectivity index (χ0v) is 32.8. The van der Waals surface area contributed by atoms with Crippen molar-refractivity contribution in [1.82, 2.24) is 34.1 Å². The molecule has 1 aliphatic carbocycles. The number of imide groups is 1. The molecule has 2 N–H and O–H groups in total. The van der Waals surface area contributed by atoms with Crippen LogP contribution in [-0.2, 0) is 16.6 Å². The summed E-state index contributed by atoms with van der Waals surface area (Å²) in [7, 11) is 3.19. The highest BCUT2D eigenvalue weighted by molar-refractivity contribution is 6.06. The number of alkyl halides is 2. The van der Waals surface area contributed by atoms with Crippen LogP contribution < -0.4 is 26.0 Å². The van der Waals surface area contributed by atoms with Gasteiger partial charge in [0.2, 0.25) is 11.8 Å². The van der Waals surface area contributed by atoms with Crippen LogP contribution in [0.5, 0.6) is 5.75 Å². The average molecular weight is 796 g/mol. The fourth-order valence-electron chi connectivity index (χ4n) is 9.74. The van der Waals surface area contributed by atoms with Crippen LogP contribution in [0.1, 0.15) is 73.0 Å². The van der Waals surface area contributed by atoms with Gasteiger partial charge in [0.05, 0.1) is 58.6 Å². The minimum Gasteiger partial charge on any atom is -0.494 e. The van der Waals surface area contributed by atoms with E-state index in [1.54, 1.807) is 38.6 Å². The van der Waals surface area contributed by atoms with Crippen LogP contribution in [0, 0.1) is 18.3 Å². The van der Waals surface area contributed by atoms with Gasteiger partial charge in [0, 0.05) is 63.1 Å². The van der Waals surface area contributed by atoms with Gasteiger partial charge in [0.25, 0.3) is 11.8 Å². The summed E-state index contributed by atoms with van der Waals surface area (Å²) in [5.41, 5.74) is 2.95. The molecule has 4 fully saturated rings. The molecule has 0 radical (unpaired) electrons.